The van der Waals surface area contributed by atoms with E-state index in [2.05, 4.69) is 91.3 Å². The van der Waals surface area contributed by atoms with Gasteiger partial charge in [0.25, 0.3) is 0 Å². The molecular formula is C48H63F3N2O4. The summed E-state index contributed by atoms with van der Waals surface area (Å²) in [5, 5.41) is 24.5. The molecule has 2 fully saturated rings. The number of nitrogens with one attached hydrogen (secondary N) is 2. The molecule has 6 aliphatic rings. The molecule has 0 aromatic heterocycles. The van der Waals surface area contributed by atoms with E-state index in [1.165, 1.54) is 35.6 Å². The molecule has 0 saturated heterocycles. The van der Waals surface area contributed by atoms with Crippen LogP contribution < -0.4 is 10.6 Å². The van der Waals surface area contributed by atoms with Crippen molar-refractivity contribution in [2.24, 2.45) is 47.3 Å². The van der Waals surface area contributed by atoms with Gasteiger partial charge in [-0.15, -0.1) is 0 Å². The summed E-state index contributed by atoms with van der Waals surface area (Å²) in [6, 6.07) is 11.2. The van der Waals surface area contributed by atoms with Gasteiger partial charge in [0.05, 0.1) is 5.56 Å². The highest BCUT2D eigenvalue weighted by atomic mass is 19.4. The van der Waals surface area contributed by atoms with Gasteiger partial charge in [0.1, 0.15) is 0 Å². The number of benzene rings is 2. The van der Waals surface area contributed by atoms with E-state index in [0.29, 0.717) is 65.9 Å². The lowest BCUT2D eigenvalue weighted by atomic mass is 9.62. The van der Waals surface area contributed by atoms with Gasteiger partial charge in [-0.2, -0.15) is 13.2 Å². The summed E-state index contributed by atoms with van der Waals surface area (Å²) >= 11 is 0. The molecule has 0 spiro atoms. The Balaban J connectivity index is 0.000000219. The number of aliphatic carboxylic acids is 2. The predicted molar refractivity (Wildman–Crippen MR) is 221 cm³/mol. The fourth-order valence-electron chi connectivity index (χ4n) is 9.58. The van der Waals surface area contributed by atoms with Crippen molar-refractivity contribution in [1.82, 2.24) is 10.6 Å². The largest absolute Gasteiger partial charge is 0.481 e. The summed E-state index contributed by atoms with van der Waals surface area (Å²) < 4.78 is 40.1. The van der Waals surface area contributed by atoms with E-state index in [1.54, 1.807) is 19.1 Å². The Bertz CT molecular complexity index is 1760. The molecule has 2 aromatic carbocycles. The molecule has 9 heteroatoms. The van der Waals surface area contributed by atoms with Crippen LogP contribution in [-0.2, 0) is 28.9 Å². The standard InChI is InChI=1S/C24H30F3NO2.C24H33NO2/c1-16-7-8-19(22(13-16)24(25,26)27)14-28-15-21-18-11-9-17(10-12-18)20(21)5-3-2-4-6-23(29)30;1-17-8-9-21(18(2)14-17)15-25-16-23-20-12-10-19(11-13-20)22(23)6-4-3-5-7-24(26)27/h3,5,7-9,11,13,17-18,20-21,28H,2,4,6,10,12,14-15H2,1H3,(H,29,30);4,6,8-10,12,14,19-20,22-23,25H,3,5,7,11,13,15-16H2,1-2H3,(H,26,27)/b5-3-;6-4-/t17-,18+,20-,21-;19-,20+,22-,23-/m00/s1. The van der Waals surface area contributed by atoms with Crippen LogP contribution in [0, 0.1) is 68.1 Å². The number of halogens is 3. The molecule has 2 saturated carbocycles. The smallest absolute Gasteiger partial charge is 0.416 e. The predicted octanol–water partition coefficient (Wildman–Crippen LogP) is 10.8. The number of fused-ring (bicyclic) bond motifs is 4. The maximum absolute atomic E-state index is 13.4. The van der Waals surface area contributed by atoms with Crippen LogP contribution in [0.15, 0.2) is 85.0 Å². The molecule has 0 radical (unpaired) electrons. The number of hydrogen-bond acceptors (Lipinski definition) is 4. The average molecular weight is 789 g/mol. The lowest BCUT2D eigenvalue weighted by molar-refractivity contribution is -0.138. The highest BCUT2D eigenvalue weighted by Gasteiger charge is 2.40. The van der Waals surface area contributed by atoms with Crippen molar-refractivity contribution < 1.29 is 33.0 Å². The van der Waals surface area contributed by atoms with Crippen molar-refractivity contribution in [3.8, 4) is 0 Å². The summed E-state index contributed by atoms with van der Waals surface area (Å²) in [4.78, 5) is 21.3. The van der Waals surface area contributed by atoms with E-state index in [0.717, 1.165) is 45.2 Å². The molecule has 4 N–H and O–H groups in total. The minimum Gasteiger partial charge on any atom is -0.481 e. The topological polar surface area (TPSA) is 98.7 Å². The molecule has 6 nitrogen and oxygen atoms in total. The normalized spacial score (nSPS) is 26.3. The van der Waals surface area contributed by atoms with Gasteiger partial charge < -0.3 is 20.8 Å². The van der Waals surface area contributed by atoms with Crippen LogP contribution in [0.2, 0.25) is 0 Å². The number of alkyl halides is 3. The molecule has 310 valence electrons. The summed E-state index contributed by atoms with van der Waals surface area (Å²) in [5.74, 6) is 2.69. The first-order valence-electron chi connectivity index (χ1n) is 21.1. The van der Waals surface area contributed by atoms with E-state index in [1.807, 2.05) is 0 Å². The van der Waals surface area contributed by atoms with E-state index >= 15 is 0 Å². The number of allylic oxidation sites excluding steroid dienone is 8. The first-order valence-corrected chi connectivity index (χ1v) is 21.1. The molecule has 4 bridgehead atoms. The van der Waals surface area contributed by atoms with Gasteiger partial charge in [-0.05, 0) is 155 Å². The van der Waals surface area contributed by atoms with Crippen LogP contribution in [0.4, 0.5) is 13.2 Å². The summed E-state index contributed by atoms with van der Waals surface area (Å²) in [6.45, 7) is 8.84. The van der Waals surface area contributed by atoms with Crippen LogP contribution in [0.1, 0.15) is 97.6 Å². The van der Waals surface area contributed by atoms with Crippen molar-refractivity contribution in [2.45, 2.75) is 104 Å². The molecule has 8 rings (SSSR count). The van der Waals surface area contributed by atoms with Gasteiger partial charge in [-0.1, -0.05) is 90.1 Å². The number of carboxylic acid groups (broad SMARTS) is 2. The second-order valence-corrected chi connectivity index (χ2v) is 16.8. The maximum atomic E-state index is 13.4. The van der Waals surface area contributed by atoms with E-state index in [-0.39, 0.29) is 24.9 Å². The first-order chi connectivity index (χ1) is 27.3. The van der Waals surface area contributed by atoms with Crippen LogP contribution >= 0.6 is 0 Å². The lowest BCUT2D eigenvalue weighted by Crippen LogP contribution is -2.41. The second-order valence-electron chi connectivity index (χ2n) is 16.8. The van der Waals surface area contributed by atoms with Crippen LogP contribution in [0.25, 0.3) is 0 Å². The summed E-state index contributed by atoms with van der Waals surface area (Å²) in [7, 11) is 0. The quantitative estimate of drug-likeness (QED) is 0.0887. The van der Waals surface area contributed by atoms with Crippen molar-refractivity contribution in [2.75, 3.05) is 13.1 Å². The van der Waals surface area contributed by atoms with E-state index < -0.39 is 23.7 Å². The molecule has 8 atom stereocenters. The molecule has 0 aliphatic heterocycles. The number of carbonyl (C=O) groups is 2. The fourth-order valence-corrected chi connectivity index (χ4v) is 9.58. The van der Waals surface area contributed by atoms with Gasteiger partial charge >= 0.3 is 18.1 Å². The van der Waals surface area contributed by atoms with Gasteiger partial charge in [-0.3, -0.25) is 9.59 Å². The number of carboxylic acids is 2. The third-order valence-electron chi connectivity index (χ3n) is 12.7. The molecular weight excluding hydrogens is 726 g/mol. The Morgan fingerprint density at radius 1 is 0.667 bits per heavy atom. The monoisotopic (exact) mass is 788 g/mol. The van der Waals surface area contributed by atoms with Crippen molar-refractivity contribution >= 4 is 11.9 Å². The zero-order valence-corrected chi connectivity index (χ0v) is 33.9. The van der Waals surface area contributed by atoms with Crippen LogP contribution in [-0.4, -0.2) is 35.2 Å². The summed E-state index contributed by atoms with van der Waals surface area (Å²) in [6.07, 6.45) is 22.2. The minimum absolute atomic E-state index is 0.171. The molecule has 2 aromatic rings. The minimum atomic E-state index is -4.35. The lowest BCUT2D eigenvalue weighted by Gasteiger charge is -2.44. The maximum Gasteiger partial charge on any atom is 0.416 e. The van der Waals surface area contributed by atoms with Gasteiger partial charge in [-0.25, -0.2) is 0 Å². The van der Waals surface area contributed by atoms with Gasteiger partial charge in [0.2, 0.25) is 0 Å². The van der Waals surface area contributed by atoms with E-state index in [9.17, 15) is 22.8 Å². The Morgan fingerprint density at radius 2 is 1.11 bits per heavy atom. The third-order valence-corrected chi connectivity index (χ3v) is 12.7. The zero-order chi connectivity index (χ0) is 41.0. The van der Waals surface area contributed by atoms with Crippen LogP contribution in [0.3, 0.4) is 0 Å². The van der Waals surface area contributed by atoms with E-state index in [4.69, 9.17) is 10.2 Å². The molecule has 57 heavy (non-hydrogen) atoms. The first kappa shape index (κ1) is 44.2. The molecule has 0 amide bonds. The third kappa shape index (κ3) is 13.0. The van der Waals surface area contributed by atoms with Crippen molar-refractivity contribution in [3.05, 3.63) is 118 Å². The highest BCUT2D eigenvalue weighted by Crippen LogP contribution is 2.46. The number of hydrogen-bond donors (Lipinski definition) is 4. The second kappa shape index (κ2) is 21.2. The van der Waals surface area contributed by atoms with Crippen molar-refractivity contribution in [1.29, 1.82) is 0 Å². The number of rotatable bonds is 18. The summed E-state index contributed by atoms with van der Waals surface area (Å²) in [5.41, 5.74) is 4.40. The van der Waals surface area contributed by atoms with Crippen LogP contribution in [0.5, 0.6) is 0 Å². The number of unbranched alkanes of at least 4 members (excludes halogenated alkanes) is 2. The zero-order valence-electron chi connectivity index (χ0n) is 33.9. The van der Waals surface area contributed by atoms with Crippen molar-refractivity contribution in [3.63, 3.8) is 0 Å². The van der Waals surface area contributed by atoms with Gasteiger partial charge in [0.15, 0.2) is 0 Å². The Kier molecular flexibility index (Phi) is 16.4. The van der Waals surface area contributed by atoms with Gasteiger partial charge in [0, 0.05) is 25.9 Å². The average Bonchev–Trinajstić information content (AvgIpc) is 3.17. The molecule has 0 heterocycles. The molecule has 0 unspecified atom stereocenters. The SMILES string of the molecule is Cc1ccc(CNC[C@@H]2[C@@H](/C=C\CCCC(=O)O)[C@H]3C=C[C@@H]2CC3)c(C(F)(F)F)c1.Cc1ccc(CNC[C@@H]2[C@@H](/C=C\CCCC(=O)O)[C@H]3C=C[C@@H]2CC3)c(C)c1. The highest BCUT2D eigenvalue weighted by molar-refractivity contribution is 5.66. The molecule has 6 aliphatic carbocycles. The Hall–Kier alpha value is -3.95. The Morgan fingerprint density at radius 3 is 1.54 bits per heavy atom. The number of aryl methyl sites for hydroxylation is 3. The Labute approximate surface area is 337 Å². The fraction of sp³-hybridized carbons (Fsp3) is 0.542.